The second-order valence-electron chi connectivity index (χ2n) is 13.8. The minimum atomic E-state index is 0.567. The van der Waals surface area contributed by atoms with Gasteiger partial charge in [-0.1, -0.05) is 151 Å². The topological polar surface area (TPSA) is 25.6 Å². The molecule has 0 N–H and O–H groups in total. The molecule has 0 aliphatic carbocycles. The second-order valence-corrected chi connectivity index (χ2v) is 14.8. The summed E-state index contributed by atoms with van der Waals surface area (Å²) in [5.74, 6) is 1.84. The van der Waals surface area contributed by atoms with Gasteiger partial charge in [-0.15, -0.1) is 0 Å². The Balaban J connectivity index is 0.933. The van der Waals surface area contributed by atoms with Crippen molar-refractivity contribution in [3.8, 4) is 11.5 Å². The zero-order chi connectivity index (χ0) is 37.0. The number of thioether (sulfide) groups is 1. The SMILES string of the molecule is CC(C=Cc1cc[n+](CCOc2cccc3ccccc23)c2ccccc12)=CC=C1Sc2c(ccc3ccccc23)N1CCOc1cccc2ccccc12. The summed E-state index contributed by atoms with van der Waals surface area (Å²) in [6.07, 6.45) is 11.1. The smallest absolute Gasteiger partial charge is 0.213 e. The summed E-state index contributed by atoms with van der Waals surface area (Å²) in [4.78, 5) is 3.70. The largest absolute Gasteiger partial charge is 0.491 e. The number of hydrogen-bond donors (Lipinski definition) is 0. The van der Waals surface area contributed by atoms with E-state index in [0.717, 1.165) is 35.4 Å². The highest BCUT2D eigenvalue weighted by molar-refractivity contribution is 8.04. The fourth-order valence-electron chi connectivity index (χ4n) is 7.46. The molecule has 0 fully saturated rings. The molecule has 1 aliphatic rings. The van der Waals surface area contributed by atoms with Crippen molar-refractivity contribution in [1.82, 2.24) is 0 Å². The van der Waals surface area contributed by atoms with Gasteiger partial charge in [-0.25, -0.2) is 0 Å². The van der Waals surface area contributed by atoms with Crippen molar-refractivity contribution in [1.29, 1.82) is 0 Å². The van der Waals surface area contributed by atoms with Crippen LogP contribution in [0.15, 0.2) is 192 Å². The molecule has 1 aromatic heterocycles. The molecule has 268 valence electrons. The predicted molar refractivity (Wildman–Crippen MR) is 231 cm³/mol. The Kier molecular flexibility index (Phi) is 9.77. The van der Waals surface area contributed by atoms with Gasteiger partial charge in [0.1, 0.15) is 24.7 Å². The average Bonchev–Trinajstić information content (AvgIpc) is 3.60. The third-order valence-electron chi connectivity index (χ3n) is 10.3. The summed E-state index contributed by atoms with van der Waals surface area (Å²) in [5.41, 5.74) is 4.77. The maximum Gasteiger partial charge on any atom is 0.213 e. The number of hydrogen-bond acceptors (Lipinski definition) is 4. The lowest BCUT2D eigenvalue weighted by Gasteiger charge is -2.21. The lowest BCUT2D eigenvalue weighted by atomic mass is 10.1. The summed E-state index contributed by atoms with van der Waals surface area (Å²) < 4.78 is 15.0. The van der Waals surface area contributed by atoms with E-state index in [-0.39, 0.29) is 0 Å². The number of anilines is 1. The number of ether oxygens (including phenoxy) is 2. The van der Waals surface area contributed by atoms with Gasteiger partial charge in [0.15, 0.2) is 12.7 Å². The third-order valence-corrected chi connectivity index (χ3v) is 11.5. The van der Waals surface area contributed by atoms with Crippen molar-refractivity contribution in [2.75, 3.05) is 24.7 Å². The van der Waals surface area contributed by atoms with Crippen molar-refractivity contribution < 1.29 is 14.0 Å². The molecule has 0 atom stereocenters. The van der Waals surface area contributed by atoms with Crippen molar-refractivity contribution >= 4 is 66.7 Å². The van der Waals surface area contributed by atoms with E-state index in [2.05, 4.69) is 199 Å². The molecule has 0 bridgehead atoms. The van der Waals surface area contributed by atoms with Gasteiger partial charge in [-0.05, 0) is 64.4 Å². The summed E-state index contributed by atoms with van der Waals surface area (Å²) >= 11 is 1.84. The van der Waals surface area contributed by atoms with Crippen LogP contribution in [0.25, 0.3) is 49.3 Å². The number of benzene rings is 7. The first kappa shape index (κ1) is 34.5. The van der Waals surface area contributed by atoms with Crippen molar-refractivity contribution in [3.63, 3.8) is 0 Å². The molecule has 7 aromatic carbocycles. The molecule has 8 aromatic rings. The number of pyridine rings is 1. The number of nitrogens with zero attached hydrogens (tertiary/aromatic N) is 2. The highest BCUT2D eigenvalue weighted by atomic mass is 32.2. The van der Waals surface area contributed by atoms with Crippen molar-refractivity contribution in [2.24, 2.45) is 0 Å². The molecule has 0 radical (unpaired) electrons. The van der Waals surface area contributed by atoms with Crippen LogP contribution in [0, 0.1) is 0 Å². The standard InChI is InChI=1S/C50H41N2O2S/c1-36(24-26-40-30-31-51(45-21-9-8-17-41(40)45)32-34-53-47-22-10-15-37-12-2-5-18-42(37)47)25-29-49-52(46-28-27-39-14-4-7-20-44(39)50(46)55-49)33-35-54-48-23-11-16-38-13-3-6-19-43(38)48/h2-31H,32-35H2,1H3/q+1. The fourth-order valence-corrected chi connectivity index (χ4v) is 8.68. The summed E-state index contributed by atoms with van der Waals surface area (Å²) in [6.45, 7) is 4.80. The first-order valence-electron chi connectivity index (χ1n) is 18.9. The first-order chi connectivity index (χ1) is 27.2. The van der Waals surface area contributed by atoms with Gasteiger partial charge in [0, 0.05) is 27.8 Å². The molecular formula is C50H41N2O2S+. The molecule has 55 heavy (non-hydrogen) atoms. The summed E-state index contributed by atoms with van der Waals surface area (Å²) in [7, 11) is 0. The quantitative estimate of drug-likeness (QED) is 0.0976. The monoisotopic (exact) mass is 733 g/mol. The van der Waals surface area contributed by atoms with E-state index in [9.17, 15) is 0 Å². The van der Waals surface area contributed by atoms with Crippen LogP contribution >= 0.6 is 11.8 Å². The normalized spacial score (nSPS) is 13.8. The Morgan fingerprint density at radius 3 is 1.95 bits per heavy atom. The number of rotatable bonds is 11. The first-order valence-corrected chi connectivity index (χ1v) is 19.7. The van der Waals surface area contributed by atoms with Crippen LogP contribution < -0.4 is 18.9 Å². The molecule has 0 unspecified atom stereocenters. The van der Waals surface area contributed by atoms with Crippen LogP contribution in [0.2, 0.25) is 0 Å². The van der Waals surface area contributed by atoms with Crippen LogP contribution in [0.5, 0.6) is 11.5 Å². The molecule has 0 saturated heterocycles. The van der Waals surface area contributed by atoms with E-state index in [4.69, 9.17) is 9.47 Å². The molecule has 0 saturated carbocycles. The van der Waals surface area contributed by atoms with Crippen molar-refractivity contribution in [2.45, 2.75) is 18.4 Å². The van der Waals surface area contributed by atoms with E-state index < -0.39 is 0 Å². The minimum absolute atomic E-state index is 0.567. The molecule has 1 aliphatic heterocycles. The van der Waals surface area contributed by atoms with Crippen molar-refractivity contribution in [3.05, 3.63) is 192 Å². The Morgan fingerprint density at radius 2 is 1.22 bits per heavy atom. The molecule has 9 rings (SSSR count). The molecule has 0 amide bonds. The second kappa shape index (κ2) is 15.6. The van der Waals surface area contributed by atoms with Crippen LogP contribution in [0.3, 0.4) is 0 Å². The zero-order valence-corrected chi connectivity index (χ0v) is 31.6. The summed E-state index contributed by atoms with van der Waals surface area (Å²) in [6, 6.07) is 53.2. The van der Waals surface area contributed by atoms with Crippen LogP contribution in [0.4, 0.5) is 5.69 Å². The molecule has 2 heterocycles. The molecule has 4 nitrogen and oxygen atoms in total. The Hall–Kier alpha value is -6.30. The third kappa shape index (κ3) is 7.19. The van der Waals surface area contributed by atoms with Gasteiger partial charge in [0.2, 0.25) is 5.52 Å². The molecule has 0 spiro atoms. The van der Waals surface area contributed by atoms with Gasteiger partial charge in [0.25, 0.3) is 0 Å². The maximum atomic E-state index is 6.43. The van der Waals surface area contributed by atoms with E-state index in [0.29, 0.717) is 13.2 Å². The maximum absolute atomic E-state index is 6.43. The summed E-state index contributed by atoms with van der Waals surface area (Å²) in [5, 5.41) is 9.60. The number of para-hydroxylation sites is 1. The zero-order valence-electron chi connectivity index (χ0n) is 30.8. The minimum Gasteiger partial charge on any atom is -0.491 e. The Bertz CT molecular complexity index is 2770. The number of fused-ring (bicyclic) bond motifs is 6. The van der Waals surface area contributed by atoms with Gasteiger partial charge in [-0.2, -0.15) is 4.57 Å². The van der Waals surface area contributed by atoms with E-state index in [1.807, 2.05) is 11.8 Å². The fraction of sp³-hybridized carbons (Fsp3) is 0.100. The van der Waals surface area contributed by atoms with Crippen LogP contribution in [-0.4, -0.2) is 19.8 Å². The lowest BCUT2D eigenvalue weighted by molar-refractivity contribution is -0.672. The van der Waals surface area contributed by atoms with Crippen LogP contribution in [-0.2, 0) is 6.54 Å². The van der Waals surface area contributed by atoms with Gasteiger partial charge in [0.05, 0.1) is 22.6 Å². The van der Waals surface area contributed by atoms with Gasteiger partial charge < -0.3 is 14.4 Å². The highest BCUT2D eigenvalue weighted by Gasteiger charge is 2.26. The number of aromatic nitrogens is 1. The average molecular weight is 734 g/mol. The lowest BCUT2D eigenvalue weighted by Crippen LogP contribution is -2.37. The van der Waals surface area contributed by atoms with E-state index in [1.165, 1.54) is 59.2 Å². The van der Waals surface area contributed by atoms with Gasteiger partial charge >= 0.3 is 0 Å². The number of allylic oxidation sites excluding steroid dienone is 4. The Morgan fingerprint density at radius 1 is 0.618 bits per heavy atom. The van der Waals surface area contributed by atoms with Crippen LogP contribution in [0.1, 0.15) is 12.5 Å². The Labute approximate surface area is 326 Å². The van der Waals surface area contributed by atoms with E-state index >= 15 is 0 Å². The highest BCUT2D eigenvalue weighted by Crippen LogP contribution is 2.49. The molecule has 5 heteroatoms. The van der Waals surface area contributed by atoms with Gasteiger partial charge in [-0.3, -0.25) is 0 Å². The predicted octanol–water partition coefficient (Wildman–Crippen LogP) is 12.2. The van der Waals surface area contributed by atoms with E-state index in [1.54, 1.807) is 0 Å². The molecular weight excluding hydrogens is 693 g/mol.